The van der Waals surface area contributed by atoms with Crippen LogP contribution in [-0.4, -0.2) is 36.6 Å². The molecule has 0 radical (unpaired) electrons. The predicted molar refractivity (Wildman–Crippen MR) is 107 cm³/mol. The zero-order chi connectivity index (χ0) is 14.8. The minimum absolute atomic E-state index is 0. The highest BCUT2D eigenvalue weighted by Crippen LogP contribution is 2.25. The van der Waals surface area contributed by atoms with Crippen molar-refractivity contribution in [2.75, 3.05) is 25.4 Å². The molecule has 1 aliphatic heterocycles. The van der Waals surface area contributed by atoms with Crippen molar-refractivity contribution in [3.05, 3.63) is 24.2 Å². The molecule has 0 amide bonds. The van der Waals surface area contributed by atoms with Gasteiger partial charge in [0.25, 0.3) is 0 Å². The van der Waals surface area contributed by atoms with Gasteiger partial charge in [-0.25, -0.2) is 0 Å². The van der Waals surface area contributed by atoms with E-state index < -0.39 is 0 Å². The SMILES string of the molecule is CCCCNC(=NCC1CCCS1)NCCc1ccco1.I. The number of nitrogens with zero attached hydrogens (tertiary/aromatic N) is 1. The van der Waals surface area contributed by atoms with E-state index in [2.05, 4.69) is 29.3 Å². The van der Waals surface area contributed by atoms with Crippen molar-refractivity contribution in [1.82, 2.24) is 10.6 Å². The molecule has 2 rings (SSSR count). The number of halogens is 1. The molecular formula is C16H28IN3OS. The maximum atomic E-state index is 5.35. The average Bonchev–Trinajstić information content (AvgIpc) is 3.18. The lowest BCUT2D eigenvalue weighted by Gasteiger charge is -2.13. The quantitative estimate of drug-likeness (QED) is 0.282. The van der Waals surface area contributed by atoms with Crippen molar-refractivity contribution in [2.45, 2.75) is 44.3 Å². The summed E-state index contributed by atoms with van der Waals surface area (Å²) in [4.78, 5) is 4.74. The summed E-state index contributed by atoms with van der Waals surface area (Å²) < 4.78 is 5.35. The lowest BCUT2D eigenvalue weighted by molar-refractivity contribution is 0.506. The molecule has 2 N–H and O–H groups in total. The van der Waals surface area contributed by atoms with E-state index in [1.165, 1.54) is 31.4 Å². The molecule has 1 fully saturated rings. The Hall–Kier alpha value is -0.370. The van der Waals surface area contributed by atoms with Gasteiger partial charge in [-0.05, 0) is 37.1 Å². The van der Waals surface area contributed by atoms with Gasteiger partial charge < -0.3 is 15.1 Å². The van der Waals surface area contributed by atoms with E-state index in [0.29, 0.717) is 5.25 Å². The molecule has 1 atom stereocenters. The highest BCUT2D eigenvalue weighted by atomic mass is 127. The van der Waals surface area contributed by atoms with Crippen LogP contribution >= 0.6 is 35.7 Å². The van der Waals surface area contributed by atoms with Crippen molar-refractivity contribution in [3.8, 4) is 0 Å². The predicted octanol–water partition coefficient (Wildman–Crippen LogP) is 3.67. The Morgan fingerprint density at radius 3 is 2.95 bits per heavy atom. The van der Waals surface area contributed by atoms with Crippen LogP contribution in [0.5, 0.6) is 0 Å². The van der Waals surface area contributed by atoms with Gasteiger partial charge in [-0.15, -0.1) is 24.0 Å². The van der Waals surface area contributed by atoms with Crippen molar-refractivity contribution in [3.63, 3.8) is 0 Å². The lowest BCUT2D eigenvalue weighted by Crippen LogP contribution is -2.39. The van der Waals surface area contributed by atoms with Gasteiger partial charge in [0, 0.05) is 24.8 Å². The molecular weight excluding hydrogens is 409 g/mol. The Bertz CT molecular complexity index is 406. The van der Waals surface area contributed by atoms with Crippen LogP contribution < -0.4 is 10.6 Å². The van der Waals surface area contributed by atoms with Gasteiger partial charge in [-0.3, -0.25) is 4.99 Å². The normalized spacial score (nSPS) is 18.0. The van der Waals surface area contributed by atoms with Crippen molar-refractivity contribution in [1.29, 1.82) is 0 Å². The van der Waals surface area contributed by atoms with E-state index >= 15 is 0 Å². The summed E-state index contributed by atoms with van der Waals surface area (Å²) in [6.07, 6.45) is 7.64. The summed E-state index contributed by atoms with van der Waals surface area (Å²) in [7, 11) is 0. The first-order valence-electron chi connectivity index (χ1n) is 8.04. The fourth-order valence-electron chi connectivity index (χ4n) is 2.30. The van der Waals surface area contributed by atoms with E-state index in [1.807, 2.05) is 12.1 Å². The molecule has 22 heavy (non-hydrogen) atoms. The molecule has 1 aromatic rings. The number of thioether (sulfide) groups is 1. The summed E-state index contributed by atoms with van der Waals surface area (Å²) in [5.74, 6) is 3.26. The summed E-state index contributed by atoms with van der Waals surface area (Å²) in [6.45, 7) is 4.97. The smallest absolute Gasteiger partial charge is 0.191 e. The molecule has 4 nitrogen and oxygen atoms in total. The number of guanidine groups is 1. The molecule has 0 aliphatic carbocycles. The van der Waals surface area contributed by atoms with Crippen LogP contribution in [0.1, 0.15) is 38.4 Å². The Labute approximate surface area is 155 Å². The van der Waals surface area contributed by atoms with Crippen molar-refractivity contribution in [2.24, 2.45) is 4.99 Å². The van der Waals surface area contributed by atoms with Crippen molar-refractivity contribution >= 4 is 41.7 Å². The second-order valence-electron chi connectivity index (χ2n) is 5.36. The molecule has 1 aliphatic rings. The zero-order valence-corrected chi connectivity index (χ0v) is 16.5. The first-order chi connectivity index (χ1) is 10.4. The van der Waals surface area contributed by atoms with Crippen LogP contribution in [0, 0.1) is 0 Å². The average molecular weight is 437 g/mol. The fraction of sp³-hybridized carbons (Fsp3) is 0.688. The third-order valence-corrected chi connectivity index (χ3v) is 4.92. The number of furan rings is 1. The van der Waals surface area contributed by atoms with Gasteiger partial charge in [-0.2, -0.15) is 11.8 Å². The van der Waals surface area contributed by atoms with Crippen LogP contribution in [0.15, 0.2) is 27.8 Å². The van der Waals surface area contributed by atoms with Gasteiger partial charge in [-0.1, -0.05) is 13.3 Å². The number of unbranched alkanes of at least 4 members (excludes halogenated alkanes) is 1. The van der Waals surface area contributed by atoms with Crippen LogP contribution in [-0.2, 0) is 6.42 Å². The van der Waals surface area contributed by atoms with E-state index in [9.17, 15) is 0 Å². The summed E-state index contributed by atoms with van der Waals surface area (Å²) in [5, 5.41) is 7.54. The largest absolute Gasteiger partial charge is 0.469 e. The second-order valence-corrected chi connectivity index (χ2v) is 6.77. The monoisotopic (exact) mass is 437 g/mol. The molecule has 0 bridgehead atoms. The van der Waals surface area contributed by atoms with Gasteiger partial charge >= 0.3 is 0 Å². The molecule has 0 spiro atoms. The fourth-order valence-corrected chi connectivity index (χ4v) is 3.48. The molecule has 6 heteroatoms. The molecule has 126 valence electrons. The topological polar surface area (TPSA) is 49.6 Å². The van der Waals surface area contributed by atoms with Crippen LogP contribution in [0.3, 0.4) is 0 Å². The molecule has 1 aromatic heterocycles. The molecule has 2 heterocycles. The van der Waals surface area contributed by atoms with E-state index in [4.69, 9.17) is 9.41 Å². The minimum Gasteiger partial charge on any atom is -0.469 e. The third-order valence-electron chi connectivity index (χ3n) is 3.54. The Morgan fingerprint density at radius 2 is 2.27 bits per heavy atom. The van der Waals surface area contributed by atoms with E-state index in [0.717, 1.165) is 37.8 Å². The van der Waals surface area contributed by atoms with E-state index in [-0.39, 0.29) is 24.0 Å². The van der Waals surface area contributed by atoms with Crippen LogP contribution in [0.2, 0.25) is 0 Å². The zero-order valence-electron chi connectivity index (χ0n) is 13.3. The maximum Gasteiger partial charge on any atom is 0.191 e. The number of hydrogen-bond acceptors (Lipinski definition) is 3. The van der Waals surface area contributed by atoms with Gasteiger partial charge in [0.1, 0.15) is 5.76 Å². The molecule has 0 aromatic carbocycles. The highest BCUT2D eigenvalue weighted by molar-refractivity contribution is 14.0. The van der Waals surface area contributed by atoms with E-state index in [1.54, 1.807) is 6.26 Å². The van der Waals surface area contributed by atoms with Gasteiger partial charge in [0.05, 0.1) is 12.8 Å². The van der Waals surface area contributed by atoms with Crippen molar-refractivity contribution < 1.29 is 4.42 Å². The maximum absolute atomic E-state index is 5.35. The molecule has 0 saturated carbocycles. The minimum atomic E-state index is 0. The number of aliphatic imine (C=N–C) groups is 1. The van der Waals surface area contributed by atoms with Gasteiger partial charge in [0.15, 0.2) is 5.96 Å². The standard InChI is InChI=1S/C16H27N3OS.HI/c1-2-3-9-17-16(19-13-15-7-5-12-21-15)18-10-8-14-6-4-11-20-14;/h4,6,11,15H,2-3,5,7-10,12-13H2,1H3,(H2,17,18,19);1H. The summed E-state index contributed by atoms with van der Waals surface area (Å²) >= 11 is 2.06. The highest BCUT2D eigenvalue weighted by Gasteiger charge is 2.14. The van der Waals surface area contributed by atoms with Crippen LogP contribution in [0.4, 0.5) is 0 Å². The Balaban J connectivity index is 0.00000242. The Morgan fingerprint density at radius 1 is 1.41 bits per heavy atom. The first kappa shape index (κ1) is 19.7. The number of rotatable bonds is 8. The second kappa shape index (κ2) is 12.1. The first-order valence-corrected chi connectivity index (χ1v) is 9.09. The van der Waals surface area contributed by atoms with Gasteiger partial charge in [0.2, 0.25) is 0 Å². The summed E-state index contributed by atoms with van der Waals surface area (Å²) in [5.41, 5.74) is 0. The van der Waals surface area contributed by atoms with Crippen LogP contribution in [0.25, 0.3) is 0 Å². The third kappa shape index (κ3) is 7.76. The lowest BCUT2D eigenvalue weighted by atomic mass is 10.2. The molecule has 1 saturated heterocycles. The Kier molecular flexibility index (Phi) is 10.8. The number of nitrogens with one attached hydrogen (secondary N) is 2. The molecule has 1 unspecified atom stereocenters. The summed E-state index contributed by atoms with van der Waals surface area (Å²) in [6, 6.07) is 3.94. The number of hydrogen-bond donors (Lipinski definition) is 2.